The molecule has 5 heterocycles. The fraction of sp³-hybridized carbons (Fsp3) is 0.636. The number of rotatable bonds is 13. The fourth-order valence-electron chi connectivity index (χ4n) is 8.42. The third-order valence-corrected chi connectivity index (χ3v) is 12.0. The Balaban J connectivity index is 1.30. The number of unbranched alkanes of at least 4 members (excludes halogenated alkanes) is 1. The second-order valence-electron chi connectivity index (χ2n) is 16.9. The molecule has 12 atom stereocenters. The van der Waals surface area contributed by atoms with Crippen molar-refractivity contribution in [3.8, 4) is 11.3 Å². The van der Waals surface area contributed by atoms with Crippen LogP contribution in [0.25, 0.3) is 11.3 Å². The second kappa shape index (κ2) is 20.4. The van der Waals surface area contributed by atoms with Crippen LogP contribution in [0.5, 0.6) is 0 Å². The zero-order chi connectivity index (χ0) is 42.2. The van der Waals surface area contributed by atoms with Crippen molar-refractivity contribution in [1.29, 1.82) is 0 Å². The molecule has 3 unspecified atom stereocenters. The fourth-order valence-corrected chi connectivity index (χ4v) is 8.42. The highest BCUT2D eigenvalue weighted by Gasteiger charge is 2.58. The van der Waals surface area contributed by atoms with Crippen LogP contribution < -0.4 is 0 Å². The van der Waals surface area contributed by atoms with Gasteiger partial charge in [0.05, 0.1) is 43.1 Å². The Hall–Kier alpha value is -4.12. The summed E-state index contributed by atoms with van der Waals surface area (Å²) in [6.45, 7) is 10.6. The molecule has 2 aromatic heterocycles. The van der Waals surface area contributed by atoms with Gasteiger partial charge in [-0.15, -0.1) is 10.2 Å². The van der Waals surface area contributed by atoms with Crippen LogP contribution in [0.1, 0.15) is 78.8 Å². The van der Waals surface area contributed by atoms with E-state index in [0.717, 1.165) is 41.8 Å². The number of nitrogens with zero attached hydrogens (tertiary/aromatic N) is 7. The molecular formula is C44H63N7O8. The zero-order valence-electron chi connectivity index (χ0n) is 35.5. The number of aliphatic hydroxyl groups excluding tert-OH is 2. The molecule has 0 spiro atoms. The maximum Gasteiger partial charge on any atom is 0.308 e. The summed E-state index contributed by atoms with van der Waals surface area (Å²) in [7, 11) is 3.74. The van der Waals surface area contributed by atoms with Crippen LogP contribution in [0.15, 0.2) is 66.5 Å². The van der Waals surface area contributed by atoms with Crippen molar-refractivity contribution >= 4 is 11.8 Å². The Kier molecular flexibility index (Phi) is 15.4. The molecule has 1 aromatic carbocycles. The summed E-state index contributed by atoms with van der Waals surface area (Å²) in [5.74, 6) is -2.34. The zero-order valence-corrected chi connectivity index (χ0v) is 35.5. The molecule has 15 nitrogen and oxygen atoms in total. The average Bonchev–Trinajstić information content (AvgIpc) is 3.57. The summed E-state index contributed by atoms with van der Waals surface area (Å²) < 4.78 is 28.4. The van der Waals surface area contributed by atoms with Crippen LogP contribution in [-0.2, 0) is 48.0 Å². The Labute approximate surface area is 347 Å². The van der Waals surface area contributed by atoms with Gasteiger partial charge in [-0.25, -0.2) is 0 Å². The highest BCUT2D eigenvalue weighted by Crippen LogP contribution is 2.40. The number of likely N-dealkylation sites (N-methyl/N-ethyl adjacent to an activating group) is 1. The highest BCUT2D eigenvalue weighted by atomic mass is 16.8. The molecule has 15 heteroatoms. The van der Waals surface area contributed by atoms with E-state index in [0.29, 0.717) is 32.4 Å². The number of aromatic nitrogens is 6. The van der Waals surface area contributed by atoms with E-state index in [9.17, 15) is 19.8 Å². The molecule has 2 saturated heterocycles. The van der Waals surface area contributed by atoms with Gasteiger partial charge in [0.25, 0.3) is 0 Å². The first kappa shape index (κ1) is 44.4. The van der Waals surface area contributed by atoms with Crippen LogP contribution >= 0.6 is 0 Å². The number of aliphatic hydroxyl groups is 2. The maximum absolute atomic E-state index is 13.9. The molecule has 0 bridgehead atoms. The largest absolute Gasteiger partial charge is 0.462 e. The molecule has 6 rings (SSSR count). The van der Waals surface area contributed by atoms with Gasteiger partial charge in [0, 0.05) is 36.1 Å². The SMILES string of the molecule is CCCCc1cn(C[C@H]2/C=C(C)/C=C/C(=O)[C@H](C)C[C@H](CCn3cc(-c4ccccc4)nn3)[C@H](O[C@@H]3O[C@@H]4OC4C(N(C)C)C3O)[C@@H](C)[C@H](O)CC(=O)O[C@@H]2CC)nn1. The molecule has 0 amide bonds. The number of fused-ring (bicyclic) bond motifs is 1. The smallest absolute Gasteiger partial charge is 0.308 e. The summed E-state index contributed by atoms with van der Waals surface area (Å²) in [4.78, 5) is 29.6. The van der Waals surface area contributed by atoms with Crippen molar-refractivity contribution in [3.05, 3.63) is 72.2 Å². The number of ketones is 1. The minimum Gasteiger partial charge on any atom is -0.462 e. The number of benzene rings is 1. The Morgan fingerprint density at radius 3 is 2.47 bits per heavy atom. The lowest BCUT2D eigenvalue weighted by atomic mass is 9.79. The quantitative estimate of drug-likeness (QED) is 0.178. The number of carbonyl (C=O) groups is 2. The standard InChI is InChI=1S/C44H63N7O8/c1-8-10-16-33-25-51(47-45-33)24-32-21-27(3)17-18-35(52)28(4)22-31(19-20-50-26-34(46-48-50)30-14-12-11-13-15-30)41(29(5)36(53)23-38(54)56-37(32)9-2)57-43-40(55)39(49(6)7)42-44(58-42)59-43/h11-15,17-18,21,25-26,28-29,31-32,36-37,39-44,53,55H,8-10,16,19-20,22-24H2,1-7H3/b18-17+,27-21+/t28-,29+,31+,32-,36-,37-,39?,40?,41-,42?,43-,44+/m1/s1. The number of ether oxygens (including phenoxy) is 4. The first-order chi connectivity index (χ1) is 28.3. The van der Waals surface area contributed by atoms with Gasteiger partial charge < -0.3 is 34.1 Å². The summed E-state index contributed by atoms with van der Waals surface area (Å²) in [5, 5.41) is 41.0. The van der Waals surface area contributed by atoms with Crippen LogP contribution in [-0.4, -0.2) is 120 Å². The summed E-state index contributed by atoms with van der Waals surface area (Å²) in [6, 6.07) is 9.40. The number of cyclic esters (lactones) is 1. The highest BCUT2D eigenvalue weighted by molar-refractivity contribution is 5.91. The number of aryl methyl sites for hydroxylation is 2. The van der Waals surface area contributed by atoms with E-state index in [-0.39, 0.29) is 36.2 Å². The van der Waals surface area contributed by atoms with Crippen LogP contribution in [0, 0.1) is 23.7 Å². The minimum absolute atomic E-state index is 0.0587. The van der Waals surface area contributed by atoms with Gasteiger partial charge in [0.2, 0.25) is 0 Å². The molecular weight excluding hydrogens is 755 g/mol. The molecule has 3 aliphatic heterocycles. The van der Waals surface area contributed by atoms with E-state index in [4.69, 9.17) is 18.9 Å². The second-order valence-corrected chi connectivity index (χ2v) is 16.9. The molecule has 2 fully saturated rings. The Morgan fingerprint density at radius 1 is 0.983 bits per heavy atom. The number of esters is 1. The van der Waals surface area contributed by atoms with E-state index in [1.165, 1.54) is 0 Å². The summed E-state index contributed by atoms with van der Waals surface area (Å²) >= 11 is 0. The number of hydrogen-bond acceptors (Lipinski definition) is 13. The first-order valence-electron chi connectivity index (χ1n) is 21.3. The van der Waals surface area contributed by atoms with Gasteiger partial charge in [0.1, 0.15) is 24.0 Å². The van der Waals surface area contributed by atoms with Crippen LogP contribution in [0.2, 0.25) is 0 Å². The van der Waals surface area contributed by atoms with E-state index in [1.807, 2.05) is 102 Å². The molecule has 59 heavy (non-hydrogen) atoms. The monoisotopic (exact) mass is 817 g/mol. The van der Waals surface area contributed by atoms with Gasteiger partial charge >= 0.3 is 5.97 Å². The topological polar surface area (TPSA) is 179 Å². The third kappa shape index (κ3) is 11.6. The lowest BCUT2D eigenvalue weighted by Gasteiger charge is -2.41. The summed E-state index contributed by atoms with van der Waals surface area (Å²) in [6.07, 6.45) is 7.76. The predicted octanol–water partition coefficient (Wildman–Crippen LogP) is 4.78. The van der Waals surface area contributed by atoms with Crippen molar-refractivity contribution in [2.45, 2.75) is 142 Å². The molecule has 0 saturated carbocycles. The van der Waals surface area contributed by atoms with E-state index < -0.39 is 54.8 Å². The number of allylic oxidation sites excluding steroid dienone is 3. The lowest BCUT2D eigenvalue weighted by molar-refractivity contribution is -0.269. The number of epoxide rings is 1. The van der Waals surface area contributed by atoms with Gasteiger partial charge in [-0.3, -0.25) is 19.0 Å². The lowest BCUT2D eigenvalue weighted by Crippen LogP contribution is -2.56. The third-order valence-electron chi connectivity index (χ3n) is 12.0. The van der Waals surface area contributed by atoms with Crippen LogP contribution in [0.4, 0.5) is 0 Å². The van der Waals surface area contributed by atoms with Gasteiger partial charge in [-0.1, -0.05) is 92.6 Å². The van der Waals surface area contributed by atoms with Gasteiger partial charge in [-0.05, 0) is 65.1 Å². The van der Waals surface area contributed by atoms with Crippen molar-refractivity contribution in [3.63, 3.8) is 0 Å². The molecule has 0 aliphatic carbocycles. The summed E-state index contributed by atoms with van der Waals surface area (Å²) in [5.41, 5.74) is 3.42. The van der Waals surface area contributed by atoms with Crippen molar-refractivity contribution in [2.75, 3.05) is 14.1 Å². The van der Waals surface area contributed by atoms with E-state index in [2.05, 4.69) is 27.5 Å². The van der Waals surface area contributed by atoms with E-state index in [1.54, 1.807) is 15.4 Å². The Bertz CT molecular complexity index is 1880. The minimum atomic E-state index is -1.19. The predicted molar refractivity (Wildman–Crippen MR) is 219 cm³/mol. The van der Waals surface area contributed by atoms with Crippen molar-refractivity contribution in [1.82, 2.24) is 34.9 Å². The molecule has 0 radical (unpaired) electrons. The number of hydrogen-bond donors (Lipinski definition) is 2. The van der Waals surface area contributed by atoms with E-state index >= 15 is 0 Å². The molecule has 3 aliphatic rings. The van der Waals surface area contributed by atoms with Gasteiger partial charge in [0.15, 0.2) is 18.4 Å². The first-order valence-corrected chi connectivity index (χ1v) is 21.3. The Morgan fingerprint density at radius 2 is 1.75 bits per heavy atom. The van der Waals surface area contributed by atoms with Crippen molar-refractivity contribution < 1.29 is 38.7 Å². The molecule has 322 valence electrons. The van der Waals surface area contributed by atoms with Gasteiger partial charge in [-0.2, -0.15) is 0 Å². The molecule has 3 aromatic rings. The van der Waals surface area contributed by atoms with Crippen LogP contribution in [0.3, 0.4) is 0 Å². The molecule has 2 N–H and O–H groups in total. The van der Waals surface area contributed by atoms with Crippen molar-refractivity contribution in [2.24, 2.45) is 23.7 Å². The average molecular weight is 818 g/mol. The maximum atomic E-state index is 13.9. The number of carbonyl (C=O) groups excluding carboxylic acids is 2. The normalized spacial score (nSPS) is 33.6.